The lowest BCUT2D eigenvalue weighted by Crippen LogP contribution is -2.31. The molecule has 0 unspecified atom stereocenters. The van der Waals surface area contributed by atoms with E-state index in [1.54, 1.807) is 18.2 Å². The molecule has 2 amide bonds. The maximum atomic E-state index is 12.9. The zero-order chi connectivity index (χ0) is 22.5. The molecule has 3 aromatic rings. The molecule has 1 aliphatic rings. The van der Waals surface area contributed by atoms with Crippen LogP contribution in [0, 0.1) is 11.3 Å². The van der Waals surface area contributed by atoms with E-state index in [9.17, 15) is 14.9 Å². The van der Waals surface area contributed by atoms with Crippen LogP contribution in [-0.2, 0) is 24.4 Å². The Bertz CT molecular complexity index is 1190. The van der Waals surface area contributed by atoms with Gasteiger partial charge in [-0.05, 0) is 41.8 Å². The Morgan fingerprint density at radius 3 is 2.41 bits per heavy atom. The first-order valence-corrected chi connectivity index (χ1v) is 11.3. The normalized spacial score (nSPS) is 15.6. The monoisotopic (exact) mass is 462 g/mol. The molecule has 1 fully saturated rings. The molecule has 4 rings (SSSR count). The first-order chi connectivity index (χ1) is 15.5. The minimum atomic E-state index is -0.508. The van der Waals surface area contributed by atoms with Crippen molar-refractivity contribution in [1.29, 1.82) is 5.26 Å². The van der Waals surface area contributed by atoms with Crippen LogP contribution in [0.5, 0.6) is 5.75 Å². The fourth-order valence-electron chi connectivity index (χ4n) is 3.47. The second-order valence-corrected chi connectivity index (χ2v) is 8.88. The molecule has 1 aliphatic heterocycles. The second-order valence-electron chi connectivity index (χ2n) is 7.29. The molecule has 7 heteroatoms. The minimum absolute atomic E-state index is 0.209. The number of halogens is 1. The van der Waals surface area contributed by atoms with Gasteiger partial charge in [-0.1, -0.05) is 71.9 Å². The predicted octanol–water partition coefficient (Wildman–Crippen LogP) is 5.60. The number of para-hydroxylation sites is 1. The van der Waals surface area contributed by atoms with Crippen LogP contribution in [0.4, 0.5) is 4.79 Å². The number of carbonyl (C=O) groups excluding carboxylic acids is 2. The summed E-state index contributed by atoms with van der Waals surface area (Å²) in [6.45, 7) is 0.468. The number of thioether (sulfide) groups is 1. The van der Waals surface area contributed by atoms with E-state index >= 15 is 0 Å². The predicted molar refractivity (Wildman–Crippen MR) is 124 cm³/mol. The van der Waals surface area contributed by atoms with Crippen molar-refractivity contribution in [3.8, 4) is 11.8 Å². The van der Waals surface area contributed by atoms with E-state index in [1.165, 1.54) is 4.90 Å². The molecule has 3 aromatic carbocycles. The smallest absolute Gasteiger partial charge is 0.289 e. The van der Waals surface area contributed by atoms with E-state index < -0.39 is 5.25 Å². The van der Waals surface area contributed by atoms with E-state index in [2.05, 4.69) is 6.07 Å². The molecule has 0 aromatic heterocycles. The number of benzene rings is 3. The summed E-state index contributed by atoms with van der Waals surface area (Å²) in [4.78, 5) is 26.7. The van der Waals surface area contributed by atoms with Crippen molar-refractivity contribution in [2.24, 2.45) is 0 Å². The Hall–Kier alpha value is -3.27. The van der Waals surface area contributed by atoms with Gasteiger partial charge < -0.3 is 4.74 Å². The van der Waals surface area contributed by atoms with Crippen LogP contribution in [0.25, 0.3) is 0 Å². The van der Waals surface area contributed by atoms with Crippen molar-refractivity contribution in [2.75, 3.05) is 0 Å². The Morgan fingerprint density at radius 1 is 0.969 bits per heavy atom. The van der Waals surface area contributed by atoms with Gasteiger partial charge in [0, 0.05) is 10.6 Å². The summed E-state index contributed by atoms with van der Waals surface area (Å²) in [5.74, 6) is 0.428. The molecular formula is C25H19ClN2O3S. The Labute approximate surface area is 195 Å². The Balaban J connectivity index is 1.45. The van der Waals surface area contributed by atoms with Gasteiger partial charge in [-0.2, -0.15) is 5.26 Å². The number of ether oxygens (including phenoxy) is 1. The van der Waals surface area contributed by atoms with Crippen LogP contribution in [0.2, 0.25) is 5.02 Å². The SMILES string of the molecule is N#Cc1ccccc1COc1ccccc1C[C@H]1SC(=O)N(Cc2ccc(Cl)cc2)C1=O. The fourth-order valence-corrected chi connectivity index (χ4v) is 4.61. The second kappa shape index (κ2) is 9.90. The zero-order valence-electron chi connectivity index (χ0n) is 17.0. The summed E-state index contributed by atoms with van der Waals surface area (Å²) in [7, 11) is 0. The molecule has 0 radical (unpaired) electrons. The quantitative estimate of drug-likeness (QED) is 0.457. The first kappa shape index (κ1) is 21.9. The van der Waals surface area contributed by atoms with Gasteiger partial charge in [0.15, 0.2) is 0 Å². The highest BCUT2D eigenvalue weighted by molar-refractivity contribution is 8.15. The summed E-state index contributed by atoms with van der Waals surface area (Å²) in [5.41, 5.74) is 3.04. The molecule has 0 bridgehead atoms. The summed E-state index contributed by atoms with van der Waals surface area (Å²) in [6.07, 6.45) is 0.377. The molecular weight excluding hydrogens is 444 g/mol. The molecule has 1 saturated heterocycles. The van der Waals surface area contributed by atoms with Crippen molar-refractivity contribution in [3.05, 3.63) is 100 Å². The topological polar surface area (TPSA) is 70.4 Å². The van der Waals surface area contributed by atoms with Crippen molar-refractivity contribution in [2.45, 2.75) is 24.8 Å². The largest absolute Gasteiger partial charge is 0.489 e. The zero-order valence-corrected chi connectivity index (χ0v) is 18.6. The molecule has 1 heterocycles. The standard InChI is InChI=1S/C25H19ClN2O3S/c26-21-11-9-17(10-12-21)15-28-24(29)23(32-25(28)30)13-18-5-3-4-8-22(18)31-16-20-7-2-1-6-19(20)14-27/h1-12,23H,13,15-16H2/t23-/m1/s1. The van der Waals surface area contributed by atoms with Crippen LogP contribution in [0.3, 0.4) is 0 Å². The maximum Gasteiger partial charge on any atom is 0.289 e. The number of nitrogens with zero attached hydrogens (tertiary/aromatic N) is 2. The van der Waals surface area contributed by atoms with Gasteiger partial charge in [0.2, 0.25) is 5.91 Å². The summed E-state index contributed by atoms with van der Waals surface area (Å²) in [5, 5.41) is 9.11. The number of rotatable bonds is 7. The van der Waals surface area contributed by atoms with Crippen molar-refractivity contribution in [3.63, 3.8) is 0 Å². The average Bonchev–Trinajstić information content (AvgIpc) is 3.07. The molecule has 0 N–H and O–H groups in total. The van der Waals surface area contributed by atoms with E-state index in [-0.39, 0.29) is 24.3 Å². The third-order valence-electron chi connectivity index (χ3n) is 5.16. The fraction of sp³-hybridized carbons (Fsp3) is 0.160. The van der Waals surface area contributed by atoms with E-state index in [0.717, 1.165) is 28.5 Å². The van der Waals surface area contributed by atoms with E-state index in [4.69, 9.17) is 16.3 Å². The lowest BCUT2D eigenvalue weighted by molar-refractivity contribution is -0.127. The van der Waals surface area contributed by atoms with Crippen LogP contribution in [0.1, 0.15) is 22.3 Å². The first-order valence-electron chi connectivity index (χ1n) is 10.0. The Morgan fingerprint density at radius 2 is 1.66 bits per heavy atom. The third-order valence-corrected chi connectivity index (χ3v) is 6.48. The molecule has 160 valence electrons. The van der Waals surface area contributed by atoms with Crippen LogP contribution in [-0.4, -0.2) is 21.3 Å². The number of hydrogen-bond donors (Lipinski definition) is 0. The number of amides is 2. The number of nitriles is 1. The lowest BCUT2D eigenvalue weighted by atomic mass is 10.1. The highest BCUT2D eigenvalue weighted by Crippen LogP contribution is 2.33. The van der Waals surface area contributed by atoms with Gasteiger partial charge in [-0.15, -0.1) is 0 Å². The van der Waals surface area contributed by atoms with Gasteiger partial charge in [0.05, 0.1) is 23.4 Å². The molecule has 0 saturated carbocycles. The van der Waals surface area contributed by atoms with Crippen LogP contribution >= 0.6 is 23.4 Å². The van der Waals surface area contributed by atoms with Crippen molar-refractivity contribution < 1.29 is 14.3 Å². The average molecular weight is 463 g/mol. The number of carbonyl (C=O) groups is 2. The summed E-state index contributed by atoms with van der Waals surface area (Å²) >= 11 is 6.96. The number of hydrogen-bond acceptors (Lipinski definition) is 5. The van der Waals surface area contributed by atoms with Crippen LogP contribution in [0.15, 0.2) is 72.8 Å². The molecule has 0 aliphatic carbocycles. The Kier molecular flexibility index (Phi) is 6.79. The van der Waals surface area contributed by atoms with Crippen LogP contribution < -0.4 is 4.74 Å². The van der Waals surface area contributed by atoms with Crippen molar-refractivity contribution in [1.82, 2.24) is 4.90 Å². The van der Waals surface area contributed by atoms with E-state index in [0.29, 0.717) is 22.8 Å². The van der Waals surface area contributed by atoms with Gasteiger partial charge in [0.1, 0.15) is 12.4 Å². The minimum Gasteiger partial charge on any atom is -0.489 e. The lowest BCUT2D eigenvalue weighted by Gasteiger charge is -2.15. The summed E-state index contributed by atoms with van der Waals surface area (Å²) < 4.78 is 5.99. The maximum absolute atomic E-state index is 12.9. The van der Waals surface area contributed by atoms with Gasteiger partial charge in [0.25, 0.3) is 5.24 Å². The van der Waals surface area contributed by atoms with Gasteiger partial charge in [-0.3, -0.25) is 14.5 Å². The highest BCUT2D eigenvalue weighted by Gasteiger charge is 2.39. The molecule has 5 nitrogen and oxygen atoms in total. The third kappa shape index (κ3) is 4.96. The molecule has 1 atom stereocenters. The van der Waals surface area contributed by atoms with Gasteiger partial charge in [-0.25, -0.2) is 0 Å². The summed E-state index contributed by atoms with van der Waals surface area (Å²) in [6, 6.07) is 24.0. The van der Waals surface area contributed by atoms with E-state index in [1.807, 2.05) is 54.6 Å². The molecule has 0 spiro atoms. The molecule has 32 heavy (non-hydrogen) atoms. The van der Waals surface area contributed by atoms with Crippen molar-refractivity contribution >= 4 is 34.5 Å². The highest BCUT2D eigenvalue weighted by atomic mass is 35.5. The van der Waals surface area contributed by atoms with Gasteiger partial charge >= 0.3 is 0 Å². The number of imide groups is 1.